The number of carbonyl (C=O) groups is 1. The normalized spacial score (nSPS) is 16.5. The van der Waals surface area contributed by atoms with Gasteiger partial charge in [-0.15, -0.1) is 0 Å². The number of hydrogen-bond acceptors (Lipinski definition) is 4. The Morgan fingerprint density at radius 3 is 2.90 bits per heavy atom. The lowest BCUT2D eigenvalue weighted by atomic mass is 10.2. The van der Waals surface area contributed by atoms with Gasteiger partial charge in [0.1, 0.15) is 17.3 Å². The summed E-state index contributed by atoms with van der Waals surface area (Å²) in [6.45, 7) is 3.02. The number of halogens is 3. The molecular weight excluding hydrogens is 440 g/mol. The lowest BCUT2D eigenvalue weighted by Crippen LogP contribution is -2.37. The first-order chi connectivity index (χ1) is 15.0. The smallest absolute Gasteiger partial charge is 0.270 e. The van der Waals surface area contributed by atoms with Crippen molar-refractivity contribution < 1.29 is 13.9 Å². The lowest BCUT2D eigenvalue weighted by Gasteiger charge is -2.17. The molecule has 5 nitrogen and oxygen atoms in total. The standard InChI is InChI=1S/C23H22Cl2FN3O2/c24-16-3-7-21-15(12-16)2-6-22(28-21)23(30)27-17-8-10-29(14-17)9-1-11-31-18-4-5-19(25)20(26)13-18/h2-7,12-13,17H,1,8-11,14H2,(H,27,30). The van der Waals surface area contributed by atoms with Gasteiger partial charge in [-0.1, -0.05) is 29.3 Å². The van der Waals surface area contributed by atoms with Gasteiger partial charge in [0.2, 0.25) is 0 Å². The molecule has 162 valence electrons. The van der Waals surface area contributed by atoms with Gasteiger partial charge in [-0.3, -0.25) is 4.79 Å². The second kappa shape index (κ2) is 9.81. The van der Waals surface area contributed by atoms with Gasteiger partial charge in [0.25, 0.3) is 5.91 Å². The molecule has 1 N–H and O–H groups in total. The van der Waals surface area contributed by atoms with Crippen molar-refractivity contribution in [3.05, 3.63) is 70.1 Å². The maximum atomic E-state index is 13.4. The molecule has 0 saturated carbocycles. The minimum absolute atomic E-state index is 0.0841. The molecule has 0 bridgehead atoms. The quantitative estimate of drug-likeness (QED) is 0.505. The number of aromatic nitrogens is 1. The maximum Gasteiger partial charge on any atom is 0.270 e. The van der Waals surface area contributed by atoms with Crippen molar-refractivity contribution in [3.63, 3.8) is 0 Å². The molecule has 1 aromatic heterocycles. The van der Waals surface area contributed by atoms with Crippen molar-refractivity contribution in [2.75, 3.05) is 26.2 Å². The van der Waals surface area contributed by atoms with Crippen molar-refractivity contribution in [2.45, 2.75) is 18.9 Å². The van der Waals surface area contributed by atoms with Crippen LogP contribution in [-0.2, 0) is 0 Å². The minimum atomic E-state index is -0.484. The van der Waals surface area contributed by atoms with Crippen LogP contribution in [0.25, 0.3) is 10.9 Å². The van der Waals surface area contributed by atoms with Crippen LogP contribution in [0.2, 0.25) is 10.0 Å². The van der Waals surface area contributed by atoms with Gasteiger partial charge in [-0.2, -0.15) is 0 Å². The first-order valence-electron chi connectivity index (χ1n) is 10.2. The zero-order valence-electron chi connectivity index (χ0n) is 16.8. The fourth-order valence-corrected chi connectivity index (χ4v) is 3.98. The topological polar surface area (TPSA) is 54.5 Å². The van der Waals surface area contributed by atoms with Crippen LogP contribution in [-0.4, -0.2) is 48.1 Å². The summed E-state index contributed by atoms with van der Waals surface area (Å²) in [5.74, 6) is -0.183. The highest BCUT2D eigenvalue weighted by molar-refractivity contribution is 6.31. The average Bonchev–Trinajstić information content (AvgIpc) is 3.20. The number of benzene rings is 2. The van der Waals surface area contributed by atoms with E-state index < -0.39 is 5.82 Å². The minimum Gasteiger partial charge on any atom is -0.493 e. The van der Waals surface area contributed by atoms with E-state index in [1.54, 1.807) is 18.2 Å². The summed E-state index contributed by atoms with van der Waals surface area (Å²) in [5.41, 5.74) is 1.14. The number of amides is 1. The van der Waals surface area contributed by atoms with Crippen molar-refractivity contribution in [2.24, 2.45) is 0 Å². The van der Waals surface area contributed by atoms with E-state index in [1.807, 2.05) is 18.2 Å². The van der Waals surface area contributed by atoms with Crippen LogP contribution in [0.5, 0.6) is 5.75 Å². The highest BCUT2D eigenvalue weighted by Crippen LogP contribution is 2.21. The SMILES string of the molecule is O=C(NC1CCN(CCCOc2ccc(Cl)c(F)c2)C1)c1ccc2cc(Cl)ccc2n1. The first-order valence-corrected chi connectivity index (χ1v) is 10.9. The molecule has 0 aliphatic carbocycles. The number of likely N-dealkylation sites (tertiary alicyclic amines) is 1. The van der Waals surface area contributed by atoms with Crippen LogP contribution in [0.15, 0.2) is 48.5 Å². The monoisotopic (exact) mass is 461 g/mol. The number of fused-ring (bicyclic) bond motifs is 1. The van der Waals surface area contributed by atoms with Gasteiger partial charge >= 0.3 is 0 Å². The molecule has 1 amide bonds. The molecule has 1 aliphatic rings. The third-order valence-electron chi connectivity index (χ3n) is 5.27. The molecule has 1 saturated heterocycles. The van der Waals surface area contributed by atoms with Crippen molar-refractivity contribution >= 4 is 40.0 Å². The first kappa shape index (κ1) is 21.8. The molecule has 0 radical (unpaired) electrons. The summed E-state index contributed by atoms with van der Waals surface area (Å²) in [4.78, 5) is 19.3. The average molecular weight is 462 g/mol. The van der Waals surface area contributed by atoms with E-state index in [-0.39, 0.29) is 17.0 Å². The maximum absolute atomic E-state index is 13.4. The molecule has 1 fully saturated rings. The lowest BCUT2D eigenvalue weighted by molar-refractivity contribution is 0.0933. The van der Waals surface area contributed by atoms with Gasteiger partial charge in [0, 0.05) is 42.2 Å². The van der Waals surface area contributed by atoms with Crippen LogP contribution in [0, 0.1) is 5.82 Å². The van der Waals surface area contributed by atoms with E-state index in [4.69, 9.17) is 27.9 Å². The van der Waals surface area contributed by atoms with Gasteiger partial charge in [-0.05, 0) is 49.2 Å². The summed E-state index contributed by atoms with van der Waals surface area (Å²) in [6, 6.07) is 13.5. The molecule has 2 aromatic carbocycles. The molecule has 4 rings (SSSR count). The molecule has 3 aromatic rings. The molecule has 1 unspecified atom stereocenters. The predicted octanol–water partition coefficient (Wildman–Crippen LogP) is 4.95. The number of nitrogens with zero attached hydrogens (tertiary/aromatic N) is 2. The number of carbonyl (C=O) groups excluding carboxylic acids is 1. The van der Waals surface area contributed by atoms with Crippen LogP contribution >= 0.6 is 23.2 Å². The Hall–Kier alpha value is -2.41. The Morgan fingerprint density at radius 1 is 1.19 bits per heavy atom. The summed E-state index contributed by atoms with van der Waals surface area (Å²) < 4.78 is 19.0. The number of nitrogens with one attached hydrogen (secondary N) is 1. The van der Waals surface area contributed by atoms with E-state index in [2.05, 4.69) is 15.2 Å². The summed E-state index contributed by atoms with van der Waals surface area (Å²) in [6.07, 6.45) is 1.69. The van der Waals surface area contributed by atoms with E-state index in [1.165, 1.54) is 12.1 Å². The predicted molar refractivity (Wildman–Crippen MR) is 121 cm³/mol. The molecular formula is C23H22Cl2FN3O2. The van der Waals surface area contributed by atoms with E-state index >= 15 is 0 Å². The van der Waals surface area contributed by atoms with Gasteiger partial charge in [0.05, 0.1) is 17.1 Å². The molecule has 0 spiro atoms. The summed E-state index contributed by atoms with van der Waals surface area (Å²) in [7, 11) is 0. The van der Waals surface area contributed by atoms with Gasteiger partial charge in [0.15, 0.2) is 0 Å². The van der Waals surface area contributed by atoms with Crippen molar-refractivity contribution in [3.8, 4) is 5.75 Å². The van der Waals surface area contributed by atoms with E-state index in [0.29, 0.717) is 23.1 Å². The van der Waals surface area contributed by atoms with Crippen molar-refractivity contribution in [1.82, 2.24) is 15.2 Å². The Bertz CT molecular complexity index is 1100. The highest BCUT2D eigenvalue weighted by Gasteiger charge is 2.24. The second-order valence-electron chi connectivity index (χ2n) is 7.57. The number of rotatable bonds is 7. The largest absolute Gasteiger partial charge is 0.493 e. The van der Waals surface area contributed by atoms with Crippen LogP contribution < -0.4 is 10.1 Å². The molecule has 2 heterocycles. The molecule has 1 aliphatic heterocycles. The highest BCUT2D eigenvalue weighted by atomic mass is 35.5. The fraction of sp³-hybridized carbons (Fsp3) is 0.304. The van der Waals surface area contributed by atoms with Crippen LogP contribution in [0.1, 0.15) is 23.3 Å². The van der Waals surface area contributed by atoms with Gasteiger partial charge in [-0.25, -0.2) is 9.37 Å². The third kappa shape index (κ3) is 5.64. The Morgan fingerprint density at radius 2 is 2.06 bits per heavy atom. The van der Waals surface area contributed by atoms with Crippen molar-refractivity contribution in [1.29, 1.82) is 0 Å². The molecule has 8 heteroatoms. The third-order valence-corrected chi connectivity index (χ3v) is 5.81. The Labute approximate surface area is 190 Å². The van der Waals surface area contributed by atoms with Crippen LogP contribution in [0.4, 0.5) is 4.39 Å². The van der Waals surface area contributed by atoms with E-state index in [9.17, 15) is 9.18 Å². The number of pyridine rings is 1. The summed E-state index contributed by atoms with van der Waals surface area (Å²) in [5, 5.41) is 4.70. The Balaban J connectivity index is 1.22. The Kier molecular flexibility index (Phi) is 6.90. The molecule has 31 heavy (non-hydrogen) atoms. The van der Waals surface area contributed by atoms with Gasteiger partial charge < -0.3 is 15.0 Å². The number of hydrogen-bond donors (Lipinski definition) is 1. The zero-order valence-corrected chi connectivity index (χ0v) is 18.3. The zero-order chi connectivity index (χ0) is 21.8. The molecule has 1 atom stereocenters. The number of ether oxygens (including phenoxy) is 1. The van der Waals surface area contributed by atoms with E-state index in [0.717, 1.165) is 43.4 Å². The fourth-order valence-electron chi connectivity index (χ4n) is 3.68. The second-order valence-corrected chi connectivity index (χ2v) is 8.41. The summed E-state index contributed by atoms with van der Waals surface area (Å²) >= 11 is 11.7. The van der Waals surface area contributed by atoms with Crippen LogP contribution in [0.3, 0.4) is 0 Å².